The number of guanidine groups is 1. The summed E-state index contributed by atoms with van der Waals surface area (Å²) in [6, 6.07) is 12.1. The van der Waals surface area contributed by atoms with Gasteiger partial charge in [0.15, 0.2) is 6.04 Å². The number of nitrogens with one attached hydrogen (secondary N) is 4. The minimum absolute atomic E-state index is 0.0778. The van der Waals surface area contributed by atoms with E-state index in [-0.39, 0.29) is 12.4 Å². The molecule has 2 amide bonds. The first-order chi connectivity index (χ1) is 16.1. The molecule has 2 aromatic carbocycles. The van der Waals surface area contributed by atoms with Gasteiger partial charge in [-0.15, -0.1) is 11.5 Å². The fraction of sp³-hybridized carbons (Fsp3) is 0.190. The van der Waals surface area contributed by atoms with E-state index in [9.17, 15) is 18.0 Å². The van der Waals surface area contributed by atoms with E-state index in [0.717, 1.165) is 17.4 Å². The van der Waals surface area contributed by atoms with Gasteiger partial charge < -0.3 is 5.84 Å². The van der Waals surface area contributed by atoms with Crippen molar-refractivity contribution in [3.05, 3.63) is 59.1 Å². The Hall–Kier alpha value is -3.63. The van der Waals surface area contributed by atoms with Crippen molar-refractivity contribution in [3.63, 3.8) is 0 Å². The Morgan fingerprint density at radius 3 is 2.35 bits per heavy atom. The van der Waals surface area contributed by atoms with Crippen LogP contribution in [-0.4, -0.2) is 44.5 Å². The van der Waals surface area contributed by atoms with Gasteiger partial charge in [0.1, 0.15) is 0 Å². The number of carbonyl (C=O) groups excluding carboxylic acids is 2. The van der Waals surface area contributed by atoms with E-state index >= 15 is 0 Å². The molecule has 11 nitrogen and oxygen atoms in total. The maximum absolute atomic E-state index is 12.8. The van der Waals surface area contributed by atoms with E-state index < -0.39 is 33.9 Å². The van der Waals surface area contributed by atoms with Gasteiger partial charge in [-0.3, -0.25) is 30.4 Å². The molecule has 0 saturated heterocycles. The largest absolute Gasteiger partial charge is 0.320 e. The first-order valence-electron chi connectivity index (χ1n) is 9.70. The standard InChI is InChI=1S/C21H24ClN7O4S/c1-3-17(20(31)29-34(2,32)33)25-18(19(30)26-21(27-23)28-24)11-13-7-9-14(10-8-13)15-5-4-6-16(22)12-15/h1,4-10,12,17-18,25H,11,23-24H2,2H3,(H,29,31)(H2,26,27,28,30)/t17-,18-/m0/s1. The second-order valence-corrected chi connectivity index (χ2v) is 9.26. The lowest BCUT2D eigenvalue weighted by atomic mass is 10.00. The first-order valence-corrected chi connectivity index (χ1v) is 12.0. The van der Waals surface area contributed by atoms with Crippen molar-refractivity contribution in [2.75, 3.05) is 6.26 Å². The van der Waals surface area contributed by atoms with Gasteiger partial charge in [0.25, 0.3) is 5.91 Å². The van der Waals surface area contributed by atoms with E-state index in [0.29, 0.717) is 10.6 Å². The summed E-state index contributed by atoms with van der Waals surface area (Å²) >= 11 is 6.05. The van der Waals surface area contributed by atoms with Crippen LogP contribution in [0.4, 0.5) is 0 Å². The molecule has 2 atom stereocenters. The lowest BCUT2D eigenvalue weighted by Crippen LogP contribution is -2.57. The van der Waals surface area contributed by atoms with Gasteiger partial charge in [-0.1, -0.05) is 53.9 Å². The smallest absolute Gasteiger partial charge is 0.263 e. The predicted octanol–water partition coefficient (Wildman–Crippen LogP) is -0.605. The normalized spacial score (nSPS) is 13.3. The summed E-state index contributed by atoms with van der Waals surface area (Å²) in [4.78, 5) is 25.1. The van der Waals surface area contributed by atoms with Crippen molar-refractivity contribution in [1.82, 2.24) is 20.8 Å². The molecule has 0 radical (unpaired) electrons. The fourth-order valence-electron chi connectivity index (χ4n) is 2.92. The SMILES string of the molecule is C#C[C@H](N[C@@H](Cc1ccc(-c2cccc(Cl)c2)cc1)C(=O)N/C(=N/N)NN)C(=O)NS(C)(=O)=O. The number of nitrogens with zero attached hydrogens (tertiary/aromatic N) is 1. The summed E-state index contributed by atoms with van der Waals surface area (Å²) in [5.74, 6) is 10.6. The van der Waals surface area contributed by atoms with Crippen molar-refractivity contribution in [2.45, 2.75) is 18.5 Å². The molecule has 0 aromatic heterocycles. The number of benzene rings is 2. The molecule has 0 aliphatic rings. The van der Waals surface area contributed by atoms with Crippen LogP contribution in [0.2, 0.25) is 5.02 Å². The van der Waals surface area contributed by atoms with Gasteiger partial charge >= 0.3 is 0 Å². The highest BCUT2D eigenvalue weighted by Crippen LogP contribution is 2.23. The third kappa shape index (κ3) is 8.05. The number of hydrazine groups is 1. The molecular weight excluding hydrogens is 482 g/mol. The fourth-order valence-corrected chi connectivity index (χ4v) is 3.59. The maximum Gasteiger partial charge on any atom is 0.263 e. The number of halogens is 1. The highest BCUT2D eigenvalue weighted by molar-refractivity contribution is 7.89. The topological polar surface area (TPSA) is 181 Å². The molecule has 0 aliphatic carbocycles. The van der Waals surface area contributed by atoms with E-state index in [1.807, 2.05) is 30.3 Å². The number of nitrogens with two attached hydrogens (primary N) is 2. The number of hydrazone groups is 1. The van der Waals surface area contributed by atoms with E-state index in [1.165, 1.54) is 0 Å². The van der Waals surface area contributed by atoms with Crippen LogP contribution in [0, 0.1) is 12.3 Å². The highest BCUT2D eigenvalue weighted by atomic mass is 35.5. The minimum atomic E-state index is -3.86. The Balaban J connectivity index is 2.27. The second-order valence-electron chi connectivity index (χ2n) is 7.08. The quantitative estimate of drug-likeness (QED) is 0.0903. The van der Waals surface area contributed by atoms with E-state index in [4.69, 9.17) is 29.7 Å². The Morgan fingerprint density at radius 2 is 1.82 bits per heavy atom. The Morgan fingerprint density at radius 1 is 1.15 bits per heavy atom. The van der Waals surface area contributed by atoms with Crippen molar-refractivity contribution in [3.8, 4) is 23.5 Å². The molecule has 0 bridgehead atoms. The van der Waals surface area contributed by atoms with Gasteiger partial charge in [0.2, 0.25) is 21.9 Å². The zero-order chi connectivity index (χ0) is 25.3. The molecule has 0 fully saturated rings. The molecule has 0 spiro atoms. The number of terminal acetylenes is 1. The molecule has 180 valence electrons. The monoisotopic (exact) mass is 505 g/mol. The summed E-state index contributed by atoms with van der Waals surface area (Å²) in [5.41, 5.74) is 4.63. The van der Waals surface area contributed by atoms with Crippen LogP contribution in [0.5, 0.6) is 0 Å². The number of amides is 2. The number of sulfonamides is 1. The maximum atomic E-state index is 12.8. The molecule has 0 saturated carbocycles. The minimum Gasteiger partial charge on any atom is -0.320 e. The van der Waals surface area contributed by atoms with Crippen molar-refractivity contribution < 1.29 is 18.0 Å². The van der Waals surface area contributed by atoms with Crippen LogP contribution in [0.15, 0.2) is 53.6 Å². The van der Waals surface area contributed by atoms with Gasteiger partial charge in [0, 0.05) is 5.02 Å². The van der Waals surface area contributed by atoms with Crippen molar-refractivity contribution in [2.24, 2.45) is 16.8 Å². The zero-order valence-corrected chi connectivity index (χ0v) is 19.7. The predicted molar refractivity (Wildman–Crippen MR) is 130 cm³/mol. The number of rotatable bonds is 8. The van der Waals surface area contributed by atoms with Crippen LogP contribution in [0.25, 0.3) is 11.1 Å². The summed E-state index contributed by atoms with van der Waals surface area (Å²) in [7, 11) is -3.86. The average Bonchev–Trinajstić information content (AvgIpc) is 2.79. The lowest BCUT2D eigenvalue weighted by molar-refractivity contribution is -0.123. The van der Waals surface area contributed by atoms with Crippen LogP contribution >= 0.6 is 11.6 Å². The molecule has 2 aromatic rings. The molecule has 34 heavy (non-hydrogen) atoms. The first kappa shape index (κ1) is 26.6. The van der Waals surface area contributed by atoms with Gasteiger partial charge in [-0.2, -0.15) is 0 Å². The average molecular weight is 506 g/mol. The summed E-state index contributed by atoms with van der Waals surface area (Å²) < 4.78 is 24.6. The van der Waals surface area contributed by atoms with Crippen molar-refractivity contribution >= 4 is 39.4 Å². The molecule has 2 rings (SSSR count). The summed E-state index contributed by atoms with van der Waals surface area (Å²) in [6.07, 6.45) is 6.28. The molecule has 8 N–H and O–H groups in total. The Kier molecular flexibility index (Phi) is 9.40. The molecular formula is C21H24ClN7O4S. The van der Waals surface area contributed by atoms with Crippen LogP contribution < -0.4 is 32.5 Å². The summed E-state index contributed by atoms with van der Waals surface area (Å²) in [6.45, 7) is 0. The Labute approximate surface area is 202 Å². The van der Waals surface area contributed by atoms with Gasteiger partial charge in [-0.25, -0.2) is 14.3 Å². The van der Waals surface area contributed by atoms with Crippen LogP contribution in [0.1, 0.15) is 5.56 Å². The van der Waals surface area contributed by atoms with Gasteiger partial charge in [-0.05, 0) is 35.2 Å². The molecule has 0 heterocycles. The third-order valence-electron chi connectivity index (χ3n) is 4.46. The molecule has 0 aliphatic heterocycles. The number of carbonyl (C=O) groups is 2. The molecule has 0 unspecified atom stereocenters. The third-order valence-corrected chi connectivity index (χ3v) is 5.27. The highest BCUT2D eigenvalue weighted by Gasteiger charge is 2.27. The second kappa shape index (κ2) is 12.0. The van der Waals surface area contributed by atoms with E-state index in [2.05, 4.69) is 27.1 Å². The number of hydrogen-bond acceptors (Lipinski definition) is 8. The number of hydrogen-bond donors (Lipinski definition) is 6. The zero-order valence-electron chi connectivity index (χ0n) is 18.1. The molecule has 13 heteroatoms. The summed E-state index contributed by atoms with van der Waals surface area (Å²) in [5, 5.41) is 8.91. The van der Waals surface area contributed by atoms with Gasteiger partial charge in [0.05, 0.1) is 12.3 Å². The lowest BCUT2D eigenvalue weighted by Gasteiger charge is -2.22. The Bertz CT molecular complexity index is 1210. The van der Waals surface area contributed by atoms with Crippen LogP contribution in [-0.2, 0) is 26.0 Å². The van der Waals surface area contributed by atoms with Crippen LogP contribution in [0.3, 0.4) is 0 Å². The van der Waals surface area contributed by atoms with Crippen molar-refractivity contribution in [1.29, 1.82) is 0 Å². The van der Waals surface area contributed by atoms with E-state index in [1.54, 1.807) is 22.9 Å².